The van der Waals surface area contributed by atoms with Gasteiger partial charge in [-0.1, -0.05) is 17.3 Å². The first-order chi connectivity index (χ1) is 12.6. The molecule has 134 valence electrons. The summed E-state index contributed by atoms with van der Waals surface area (Å²) in [5, 5.41) is 11.1. The molecule has 0 bridgehead atoms. The van der Waals surface area contributed by atoms with Gasteiger partial charge in [0.15, 0.2) is 5.76 Å². The van der Waals surface area contributed by atoms with Crippen LogP contribution in [0.15, 0.2) is 41.1 Å². The van der Waals surface area contributed by atoms with Gasteiger partial charge in [0.25, 0.3) is 0 Å². The monoisotopic (exact) mass is 354 g/mol. The van der Waals surface area contributed by atoms with Crippen molar-refractivity contribution >= 4 is 5.91 Å². The van der Waals surface area contributed by atoms with Gasteiger partial charge in [0.05, 0.1) is 35.6 Å². The van der Waals surface area contributed by atoms with Crippen LogP contribution in [-0.2, 0) is 11.2 Å². The van der Waals surface area contributed by atoms with Gasteiger partial charge in [0.1, 0.15) is 5.82 Å². The second kappa shape index (κ2) is 6.74. The molecule has 1 N–H and O–H groups in total. The third kappa shape index (κ3) is 3.12. The molecule has 3 heterocycles. The summed E-state index contributed by atoms with van der Waals surface area (Å²) in [5.74, 6) is 0.285. The summed E-state index contributed by atoms with van der Waals surface area (Å²) in [6.07, 6.45) is 3.63. The first-order valence-corrected chi connectivity index (χ1v) is 8.62. The van der Waals surface area contributed by atoms with E-state index in [0.717, 1.165) is 29.8 Å². The molecule has 3 aromatic rings. The van der Waals surface area contributed by atoms with E-state index in [2.05, 4.69) is 15.4 Å². The summed E-state index contributed by atoms with van der Waals surface area (Å²) >= 11 is 0. The molecular formula is C19H19FN4O2. The summed E-state index contributed by atoms with van der Waals surface area (Å²) in [6, 6.07) is 7.93. The van der Waals surface area contributed by atoms with Crippen molar-refractivity contribution in [2.45, 2.75) is 32.2 Å². The molecule has 1 aromatic carbocycles. The van der Waals surface area contributed by atoms with Crippen LogP contribution in [-0.4, -0.2) is 32.7 Å². The zero-order chi connectivity index (χ0) is 18.1. The van der Waals surface area contributed by atoms with Crippen LogP contribution in [0.1, 0.15) is 35.8 Å². The van der Waals surface area contributed by atoms with Crippen molar-refractivity contribution in [1.29, 1.82) is 0 Å². The molecule has 1 fully saturated rings. The molecule has 0 saturated carbocycles. The lowest BCUT2D eigenvalue weighted by molar-refractivity contribution is -0.131. The van der Waals surface area contributed by atoms with E-state index in [1.807, 2.05) is 17.9 Å². The number of carbonyl (C=O) groups excluding carboxylic acids is 1. The van der Waals surface area contributed by atoms with Crippen molar-refractivity contribution in [2.24, 2.45) is 0 Å². The molecule has 1 aliphatic rings. The molecule has 1 unspecified atom stereocenters. The summed E-state index contributed by atoms with van der Waals surface area (Å²) < 4.78 is 18.7. The minimum absolute atomic E-state index is 0.0209. The summed E-state index contributed by atoms with van der Waals surface area (Å²) in [7, 11) is 0. The van der Waals surface area contributed by atoms with Crippen LogP contribution in [0, 0.1) is 12.7 Å². The highest BCUT2D eigenvalue weighted by Gasteiger charge is 2.33. The predicted octanol–water partition coefficient (Wildman–Crippen LogP) is 3.42. The Bertz CT molecular complexity index is 933. The van der Waals surface area contributed by atoms with Crippen LogP contribution in [0.5, 0.6) is 0 Å². The number of carbonyl (C=O) groups is 1. The molecule has 1 aliphatic heterocycles. The lowest BCUT2D eigenvalue weighted by Crippen LogP contribution is -2.32. The Hall–Kier alpha value is -2.96. The van der Waals surface area contributed by atoms with E-state index in [0.29, 0.717) is 17.9 Å². The number of likely N-dealkylation sites (tertiary alicyclic amines) is 1. The number of hydrogen-bond donors (Lipinski definition) is 1. The molecule has 0 aliphatic carbocycles. The number of aromatic amines is 1. The molecule has 0 radical (unpaired) electrons. The minimum Gasteiger partial charge on any atom is -0.356 e. The molecule has 1 saturated heterocycles. The number of aromatic nitrogens is 3. The topological polar surface area (TPSA) is 75.0 Å². The van der Waals surface area contributed by atoms with Gasteiger partial charge in [-0.2, -0.15) is 5.10 Å². The number of benzene rings is 1. The molecule has 0 spiro atoms. The lowest BCUT2D eigenvalue weighted by Gasteiger charge is -2.24. The highest BCUT2D eigenvalue weighted by atomic mass is 19.1. The molecule has 1 amide bonds. The Morgan fingerprint density at radius 3 is 3.08 bits per heavy atom. The third-order valence-corrected chi connectivity index (χ3v) is 4.71. The highest BCUT2D eigenvalue weighted by Crippen LogP contribution is 2.36. The molecule has 4 rings (SSSR count). The Morgan fingerprint density at radius 2 is 2.31 bits per heavy atom. The van der Waals surface area contributed by atoms with Crippen LogP contribution in [0.2, 0.25) is 0 Å². The van der Waals surface area contributed by atoms with Gasteiger partial charge < -0.3 is 9.42 Å². The Morgan fingerprint density at radius 1 is 1.42 bits per heavy atom. The van der Waals surface area contributed by atoms with E-state index in [9.17, 15) is 9.18 Å². The van der Waals surface area contributed by atoms with E-state index >= 15 is 0 Å². The maximum atomic E-state index is 13.4. The number of H-pyrrole nitrogens is 1. The Labute approximate surface area is 150 Å². The molecule has 26 heavy (non-hydrogen) atoms. The van der Waals surface area contributed by atoms with Gasteiger partial charge in [0, 0.05) is 12.6 Å². The van der Waals surface area contributed by atoms with Crippen molar-refractivity contribution in [3.05, 3.63) is 59.3 Å². The zero-order valence-corrected chi connectivity index (χ0v) is 14.4. The number of nitrogens with zero attached hydrogens (tertiary/aromatic N) is 3. The van der Waals surface area contributed by atoms with Crippen LogP contribution in [0.25, 0.3) is 11.3 Å². The van der Waals surface area contributed by atoms with Crippen molar-refractivity contribution in [3.8, 4) is 11.3 Å². The normalized spacial score (nSPS) is 17.0. The van der Waals surface area contributed by atoms with Gasteiger partial charge in [-0.25, -0.2) is 4.39 Å². The maximum Gasteiger partial charge on any atom is 0.227 e. The van der Waals surface area contributed by atoms with Gasteiger partial charge in [-0.15, -0.1) is 0 Å². The average Bonchev–Trinajstić information content (AvgIpc) is 3.34. The molecule has 1 atom stereocenters. The quantitative estimate of drug-likeness (QED) is 0.779. The lowest BCUT2D eigenvalue weighted by atomic mass is 10.0. The number of hydrogen-bond acceptors (Lipinski definition) is 4. The van der Waals surface area contributed by atoms with Crippen LogP contribution in [0.4, 0.5) is 4.39 Å². The predicted molar refractivity (Wildman–Crippen MR) is 92.6 cm³/mol. The van der Waals surface area contributed by atoms with Crippen molar-refractivity contribution in [3.63, 3.8) is 0 Å². The van der Waals surface area contributed by atoms with E-state index in [1.54, 1.807) is 18.3 Å². The first-order valence-electron chi connectivity index (χ1n) is 8.62. The summed E-state index contributed by atoms with van der Waals surface area (Å²) in [5.41, 5.74) is 3.14. The summed E-state index contributed by atoms with van der Waals surface area (Å²) in [6.45, 7) is 2.53. The first kappa shape index (κ1) is 16.5. The Balaban J connectivity index is 1.57. The van der Waals surface area contributed by atoms with Crippen LogP contribution < -0.4 is 0 Å². The van der Waals surface area contributed by atoms with Gasteiger partial charge in [-0.05, 0) is 37.5 Å². The fraction of sp³-hybridized carbons (Fsp3) is 0.316. The maximum absolute atomic E-state index is 13.4. The van der Waals surface area contributed by atoms with Crippen molar-refractivity contribution < 1.29 is 13.7 Å². The number of rotatable bonds is 4. The number of halogens is 1. The molecule has 2 aromatic heterocycles. The van der Waals surface area contributed by atoms with Crippen LogP contribution in [0.3, 0.4) is 0 Å². The van der Waals surface area contributed by atoms with E-state index in [-0.39, 0.29) is 24.2 Å². The van der Waals surface area contributed by atoms with E-state index in [4.69, 9.17) is 4.52 Å². The molecular weight excluding hydrogens is 335 g/mol. The van der Waals surface area contributed by atoms with Gasteiger partial charge >= 0.3 is 0 Å². The third-order valence-electron chi connectivity index (χ3n) is 4.71. The number of aryl methyl sites for hydroxylation is 1. The van der Waals surface area contributed by atoms with Crippen LogP contribution >= 0.6 is 0 Å². The van der Waals surface area contributed by atoms with Crippen molar-refractivity contribution in [2.75, 3.05) is 6.54 Å². The fourth-order valence-corrected chi connectivity index (χ4v) is 3.53. The minimum atomic E-state index is -0.329. The van der Waals surface area contributed by atoms with Crippen molar-refractivity contribution in [1.82, 2.24) is 20.3 Å². The van der Waals surface area contributed by atoms with Gasteiger partial charge in [0.2, 0.25) is 5.91 Å². The SMILES string of the molecule is Cc1cc(-c2cn[nH]c2C2CCCN2C(=O)Cc2cccc(F)c2)on1. The smallest absolute Gasteiger partial charge is 0.227 e. The zero-order valence-electron chi connectivity index (χ0n) is 14.4. The Kier molecular flexibility index (Phi) is 4.28. The largest absolute Gasteiger partial charge is 0.356 e. The van der Waals surface area contributed by atoms with E-state index in [1.165, 1.54) is 12.1 Å². The standard InChI is InChI=1S/C19H19FN4O2/c1-12-8-17(26-23-12)15-11-21-22-19(15)16-6-3-7-24(16)18(25)10-13-4-2-5-14(20)9-13/h2,4-5,8-9,11,16H,3,6-7,10H2,1H3,(H,21,22). The van der Waals surface area contributed by atoms with Gasteiger partial charge in [-0.3, -0.25) is 9.89 Å². The fourth-order valence-electron chi connectivity index (χ4n) is 3.53. The molecule has 6 nitrogen and oxygen atoms in total. The second-order valence-corrected chi connectivity index (χ2v) is 6.58. The average molecular weight is 354 g/mol. The molecule has 7 heteroatoms. The summed E-state index contributed by atoms with van der Waals surface area (Å²) in [4.78, 5) is 14.7. The number of nitrogens with one attached hydrogen (secondary N) is 1. The highest BCUT2D eigenvalue weighted by molar-refractivity contribution is 5.80. The second-order valence-electron chi connectivity index (χ2n) is 6.58. The number of amides is 1. The van der Waals surface area contributed by atoms with E-state index < -0.39 is 0 Å².